The Morgan fingerprint density at radius 2 is 2.40 bits per heavy atom. The summed E-state index contributed by atoms with van der Waals surface area (Å²) in [5.74, 6) is 0.465. The Morgan fingerprint density at radius 1 is 1.70 bits per heavy atom. The number of hydrogen-bond donors (Lipinski definition) is 1. The normalized spacial score (nSPS) is 9.40. The fourth-order valence-corrected chi connectivity index (χ4v) is 0.609. The molecule has 0 unspecified atom stereocenters. The minimum Gasteiger partial charge on any atom is -0.357 e. The third kappa shape index (κ3) is 0.975. The zero-order valence-corrected chi connectivity index (χ0v) is 5.83. The van der Waals surface area contributed by atoms with E-state index >= 15 is 0 Å². The molecule has 0 fully saturated rings. The van der Waals surface area contributed by atoms with Gasteiger partial charge in [0.2, 0.25) is 5.95 Å². The van der Waals surface area contributed by atoms with Gasteiger partial charge in [0, 0.05) is 14.1 Å². The summed E-state index contributed by atoms with van der Waals surface area (Å²) in [4.78, 5) is 10.8. The standard InChI is InChI=1S/C5H8N4O/c1-6-5-8-7-3-4(10)9(5)2/h3H,1-2H3,(H,6,8). The lowest BCUT2D eigenvalue weighted by atomic mass is 10.7. The van der Waals surface area contributed by atoms with Crippen molar-refractivity contribution in [3.05, 3.63) is 16.6 Å². The molecule has 1 rings (SSSR count). The highest BCUT2D eigenvalue weighted by atomic mass is 16.1. The fourth-order valence-electron chi connectivity index (χ4n) is 0.609. The van der Waals surface area contributed by atoms with E-state index in [0.717, 1.165) is 0 Å². The molecule has 0 atom stereocenters. The Balaban J connectivity index is 3.28. The number of anilines is 1. The first-order valence-electron chi connectivity index (χ1n) is 2.82. The maximum Gasteiger partial charge on any atom is 0.273 e. The predicted molar refractivity (Wildman–Crippen MR) is 36.8 cm³/mol. The van der Waals surface area contributed by atoms with Crippen LogP contribution in [0.25, 0.3) is 0 Å². The van der Waals surface area contributed by atoms with Crippen LogP contribution in [0.3, 0.4) is 0 Å². The van der Waals surface area contributed by atoms with Gasteiger partial charge in [0.25, 0.3) is 5.56 Å². The van der Waals surface area contributed by atoms with Crippen LogP contribution in [0, 0.1) is 0 Å². The Labute approximate surface area is 57.7 Å². The van der Waals surface area contributed by atoms with Gasteiger partial charge in [-0.25, -0.2) is 0 Å². The molecular formula is C5H8N4O. The van der Waals surface area contributed by atoms with E-state index in [1.165, 1.54) is 10.8 Å². The first-order chi connectivity index (χ1) is 4.75. The largest absolute Gasteiger partial charge is 0.357 e. The molecule has 10 heavy (non-hydrogen) atoms. The number of nitrogens with one attached hydrogen (secondary N) is 1. The Kier molecular flexibility index (Phi) is 1.66. The van der Waals surface area contributed by atoms with E-state index in [1.807, 2.05) is 0 Å². The molecule has 0 saturated carbocycles. The van der Waals surface area contributed by atoms with E-state index in [-0.39, 0.29) is 5.56 Å². The molecule has 0 aliphatic carbocycles. The molecule has 0 amide bonds. The van der Waals surface area contributed by atoms with Crippen molar-refractivity contribution >= 4 is 5.95 Å². The van der Waals surface area contributed by atoms with Crippen LogP contribution in [0.15, 0.2) is 11.0 Å². The summed E-state index contributed by atoms with van der Waals surface area (Å²) in [5.41, 5.74) is -0.167. The summed E-state index contributed by atoms with van der Waals surface area (Å²) in [7, 11) is 3.31. The second-order valence-electron chi connectivity index (χ2n) is 1.82. The van der Waals surface area contributed by atoms with Crippen molar-refractivity contribution in [2.75, 3.05) is 12.4 Å². The van der Waals surface area contributed by atoms with E-state index < -0.39 is 0 Å². The third-order valence-electron chi connectivity index (χ3n) is 1.19. The Bertz CT molecular complexity index is 279. The van der Waals surface area contributed by atoms with Crippen LogP contribution in [0.2, 0.25) is 0 Å². The lowest BCUT2D eigenvalue weighted by Crippen LogP contribution is -2.20. The van der Waals surface area contributed by atoms with Gasteiger partial charge in [-0.3, -0.25) is 9.36 Å². The highest BCUT2D eigenvalue weighted by Gasteiger charge is 1.95. The predicted octanol–water partition coefficient (Wildman–Crippen LogP) is -0.783. The third-order valence-corrected chi connectivity index (χ3v) is 1.19. The first kappa shape index (κ1) is 6.73. The molecule has 5 heteroatoms. The van der Waals surface area contributed by atoms with E-state index in [4.69, 9.17) is 0 Å². The zero-order chi connectivity index (χ0) is 7.56. The summed E-state index contributed by atoms with van der Waals surface area (Å²) < 4.78 is 1.38. The molecule has 1 aromatic heterocycles. The average molecular weight is 140 g/mol. The van der Waals surface area contributed by atoms with Gasteiger partial charge in [-0.15, -0.1) is 10.2 Å². The molecule has 54 valence electrons. The Morgan fingerprint density at radius 3 is 2.90 bits per heavy atom. The van der Waals surface area contributed by atoms with Gasteiger partial charge in [-0.2, -0.15) is 0 Å². The number of hydrogen-bond acceptors (Lipinski definition) is 4. The summed E-state index contributed by atoms with van der Waals surface area (Å²) in [6, 6.07) is 0. The molecule has 0 aliphatic heterocycles. The monoisotopic (exact) mass is 140 g/mol. The minimum atomic E-state index is -0.167. The van der Waals surface area contributed by atoms with Crippen LogP contribution in [0.1, 0.15) is 0 Å². The molecule has 1 aromatic rings. The number of nitrogens with zero attached hydrogens (tertiary/aromatic N) is 3. The maximum absolute atomic E-state index is 10.8. The van der Waals surface area contributed by atoms with Gasteiger partial charge in [-0.1, -0.05) is 0 Å². The van der Waals surface area contributed by atoms with Gasteiger partial charge in [0.15, 0.2) is 0 Å². The van der Waals surface area contributed by atoms with Gasteiger partial charge in [0.1, 0.15) is 6.20 Å². The van der Waals surface area contributed by atoms with Crippen molar-refractivity contribution in [3.8, 4) is 0 Å². The van der Waals surface area contributed by atoms with Crippen LogP contribution in [0.5, 0.6) is 0 Å². The summed E-state index contributed by atoms with van der Waals surface area (Å²) in [6.07, 6.45) is 1.17. The summed E-state index contributed by atoms with van der Waals surface area (Å²) in [6.45, 7) is 0. The highest BCUT2D eigenvalue weighted by Crippen LogP contribution is 1.88. The van der Waals surface area contributed by atoms with Gasteiger partial charge >= 0.3 is 0 Å². The van der Waals surface area contributed by atoms with Crippen LogP contribution in [0.4, 0.5) is 5.95 Å². The second-order valence-corrected chi connectivity index (χ2v) is 1.82. The van der Waals surface area contributed by atoms with E-state index in [9.17, 15) is 4.79 Å². The molecular weight excluding hydrogens is 132 g/mol. The summed E-state index contributed by atoms with van der Waals surface area (Å²) in [5, 5.41) is 9.85. The smallest absolute Gasteiger partial charge is 0.273 e. The van der Waals surface area contributed by atoms with Crippen LogP contribution >= 0.6 is 0 Å². The molecule has 0 aromatic carbocycles. The first-order valence-corrected chi connectivity index (χ1v) is 2.82. The molecule has 0 spiro atoms. The van der Waals surface area contributed by atoms with Crippen LogP contribution in [-0.4, -0.2) is 21.8 Å². The van der Waals surface area contributed by atoms with Crippen molar-refractivity contribution in [3.63, 3.8) is 0 Å². The van der Waals surface area contributed by atoms with Crippen LogP contribution in [-0.2, 0) is 7.05 Å². The second kappa shape index (κ2) is 2.47. The number of rotatable bonds is 1. The van der Waals surface area contributed by atoms with E-state index in [0.29, 0.717) is 5.95 Å². The molecule has 1 heterocycles. The van der Waals surface area contributed by atoms with Crippen molar-refractivity contribution in [2.24, 2.45) is 7.05 Å². The van der Waals surface area contributed by atoms with Gasteiger partial charge in [-0.05, 0) is 0 Å². The molecule has 0 aliphatic rings. The molecule has 1 N–H and O–H groups in total. The van der Waals surface area contributed by atoms with Crippen LogP contribution < -0.4 is 10.9 Å². The molecule has 0 saturated heterocycles. The van der Waals surface area contributed by atoms with Crippen molar-refractivity contribution in [2.45, 2.75) is 0 Å². The fraction of sp³-hybridized carbons (Fsp3) is 0.400. The average Bonchev–Trinajstić information content (AvgIpc) is 1.95. The maximum atomic E-state index is 10.8. The SMILES string of the molecule is CNc1nncc(=O)n1C. The number of aromatic nitrogens is 3. The quantitative estimate of drug-likeness (QED) is 0.555. The van der Waals surface area contributed by atoms with Gasteiger partial charge in [0.05, 0.1) is 0 Å². The molecule has 5 nitrogen and oxygen atoms in total. The van der Waals surface area contributed by atoms with E-state index in [1.54, 1.807) is 14.1 Å². The van der Waals surface area contributed by atoms with Gasteiger partial charge < -0.3 is 5.32 Å². The van der Waals surface area contributed by atoms with Crippen molar-refractivity contribution < 1.29 is 0 Å². The molecule has 0 bridgehead atoms. The topological polar surface area (TPSA) is 59.8 Å². The van der Waals surface area contributed by atoms with E-state index in [2.05, 4.69) is 15.5 Å². The summed E-state index contributed by atoms with van der Waals surface area (Å²) >= 11 is 0. The minimum absolute atomic E-state index is 0.167. The van der Waals surface area contributed by atoms with Crippen molar-refractivity contribution in [1.82, 2.24) is 14.8 Å². The lowest BCUT2D eigenvalue weighted by molar-refractivity contribution is 0.786. The highest BCUT2D eigenvalue weighted by molar-refractivity contribution is 5.20. The van der Waals surface area contributed by atoms with Crippen molar-refractivity contribution in [1.29, 1.82) is 0 Å². The molecule has 0 radical (unpaired) electrons. The Hall–Kier alpha value is -1.39. The zero-order valence-electron chi connectivity index (χ0n) is 5.83. The lowest BCUT2D eigenvalue weighted by Gasteiger charge is -2.01.